The van der Waals surface area contributed by atoms with Gasteiger partial charge in [0.1, 0.15) is 0 Å². The molecule has 0 atom stereocenters. The minimum absolute atomic E-state index is 0.449. The van der Waals surface area contributed by atoms with Crippen LogP contribution < -0.4 is 5.73 Å². The molecule has 0 saturated heterocycles. The molecule has 0 bridgehead atoms. The van der Waals surface area contributed by atoms with Crippen molar-refractivity contribution in [1.29, 1.82) is 0 Å². The lowest BCUT2D eigenvalue weighted by Crippen LogP contribution is -2.11. The third-order valence-corrected chi connectivity index (χ3v) is 6.60. The van der Waals surface area contributed by atoms with Gasteiger partial charge in [-0.3, -0.25) is 4.79 Å². The van der Waals surface area contributed by atoms with Gasteiger partial charge < -0.3 is 10.3 Å². The molecule has 157 valence electrons. The molecule has 1 aromatic heterocycles. The molecule has 1 heterocycles. The molecule has 32 heavy (non-hydrogen) atoms. The lowest BCUT2D eigenvalue weighted by atomic mass is 10.0. The maximum Gasteiger partial charge on any atom is 0.249 e. The van der Waals surface area contributed by atoms with E-state index in [0.717, 1.165) is 38.5 Å². The highest BCUT2D eigenvalue weighted by Gasteiger charge is 2.19. The lowest BCUT2D eigenvalue weighted by Gasteiger charge is -2.11. The number of amides is 1. The van der Waals surface area contributed by atoms with Crippen LogP contribution in [0.4, 0.5) is 0 Å². The smallest absolute Gasteiger partial charge is 0.249 e. The van der Waals surface area contributed by atoms with E-state index < -0.39 is 5.91 Å². The van der Waals surface area contributed by atoms with Gasteiger partial charge in [0.05, 0.1) is 11.0 Å². The Morgan fingerprint density at radius 3 is 2.28 bits per heavy atom. The Morgan fingerprint density at radius 1 is 0.875 bits per heavy atom. The predicted octanol–water partition coefficient (Wildman–Crippen LogP) is 7.37. The first-order valence-electron chi connectivity index (χ1n) is 9.90. The Labute approximate surface area is 199 Å². The topological polar surface area (TPSA) is 48.0 Å². The van der Waals surface area contributed by atoms with E-state index in [2.05, 4.69) is 10.6 Å². The highest BCUT2D eigenvalue weighted by atomic mass is 35.5. The van der Waals surface area contributed by atoms with Crippen molar-refractivity contribution < 1.29 is 4.79 Å². The third-order valence-electron chi connectivity index (χ3n) is 5.60. The van der Waals surface area contributed by atoms with Crippen LogP contribution in [0.5, 0.6) is 0 Å². The highest BCUT2D eigenvalue weighted by molar-refractivity contribution is 6.39. The number of carbonyl (C=O) groups excluding carboxylic acids is 1. The van der Waals surface area contributed by atoms with Gasteiger partial charge in [0, 0.05) is 43.5 Å². The minimum atomic E-state index is -0.487. The molecule has 5 aromatic rings. The Hall–Kier alpha value is -2.98. The average molecular weight is 479 g/mol. The SMILES string of the molecule is NC(=O)c1cccc2c1c1[c]cc(-c3c(Cl)cccc3Cl)cc1n2Cc1ccccc1Cl. The van der Waals surface area contributed by atoms with Crippen molar-refractivity contribution in [3.05, 3.63) is 105 Å². The predicted molar refractivity (Wildman–Crippen MR) is 133 cm³/mol. The average Bonchev–Trinajstić information content (AvgIpc) is 3.08. The fourth-order valence-corrected chi connectivity index (χ4v) is 4.96. The molecule has 3 nitrogen and oxygen atoms in total. The monoisotopic (exact) mass is 477 g/mol. The van der Waals surface area contributed by atoms with Crippen LogP contribution in [0.2, 0.25) is 15.1 Å². The summed E-state index contributed by atoms with van der Waals surface area (Å²) < 4.78 is 2.11. The van der Waals surface area contributed by atoms with Crippen LogP contribution in [0.1, 0.15) is 15.9 Å². The Balaban J connectivity index is 1.85. The molecule has 0 saturated carbocycles. The molecule has 0 aliphatic rings. The third kappa shape index (κ3) is 3.43. The van der Waals surface area contributed by atoms with Crippen molar-refractivity contribution in [1.82, 2.24) is 4.57 Å². The molecule has 0 unspecified atom stereocenters. The van der Waals surface area contributed by atoms with Crippen LogP contribution in [-0.2, 0) is 6.54 Å². The molecule has 1 radical (unpaired) electrons. The number of primary amides is 1. The Bertz CT molecular complexity index is 1500. The summed E-state index contributed by atoms with van der Waals surface area (Å²) in [5, 5.41) is 3.34. The molecule has 6 heteroatoms. The summed E-state index contributed by atoms with van der Waals surface area (Å²) in [6, 6.07) is 25.8. The van der Waals surface area contributed by atoms with Crippen molar-refractivity contribution in [2.45, 2.75) is 6.54 Å². The number of halogens is 3. The molecule has 0 spiro atoms. The van der Waals surface area contributed by atoms with E-state index in [0.29, 0.717) is 27.2 Å². The van der Waals surface area contributed by atoms with Crippen molar-refractivity contribution in [2.75, 3.05) is 0 Å². The zero-order valence-electron chi connectivity index (χ0n) is 16.7. The maximum absolute atomic E-state index is 12.2. The second-order valence-corrected chi connectivity index (χ2v) is 8.71. The molecule has 1 amide bonds. The second kappa shape index (κ2) is 8.18. The normalized spacial score (nSPS) is 11.3. The van der Waals surface area contributed by atoms with Crippen molar-refractivity contribution in [3.8, 4) is 11.1 Å². The van der Waals surface area contributed by atoms with Crippen molar-refractivity contribution in [3.63, 3.8) is 0 Å². The number of carbonyl (C=O) groups is 1. The summed E-state index contributed by atoms with van der Waals surface area (Å²) in [5.74, 6) is -0.487. The molecule has 2 N–H and O–H groups in total. The van der Waals surface area contributed by atoms with E-state index in [-0.39, 0.29) is 0 Å². The fraction of sp³-hybridized carbons (Fsp3) is 0.0385. The molecular weight excluding hydrogens is 463 g/mol. The van der Waals surface area contributed by atoms with Gasteiger partial charge in [-0.1, -0.05) is 65.1 Å². The van der Waals surface area contributed by atoms with Crippen LogP contribution in [-0.4, -0.2) is 10.5 Å². The molecule has 0 aliphatic carbocycles. The summed E-state index contributed by atoms with van der Waals surface area (Å²) in [4.78, 5) is 12.2. The van der Waals surface area contributed by atoms with Gasteiger partial charge in [-0.2, -0.15) is 0 Å². The zero-order chi connectivity index (χ0) is 22.4. The molecule has 0 aliphatic heterocycles. The number of rotatable bonds is 4. The van der Waals surface area contributed by atoms with Gasteiger partial charge in [-0.25, -0.2) is 0 Å². The summed E-state index contributed by atoms with van der Waals surface area (Å²) in [5.41, 5.74) is 10.4. The van der Waals surface area contributed by atoms with Gasteiger partial charge in [0.2, 0.25) is 5.91 Å². The Morgan fingerprint density at radius 2 is 1.56 bits per heavy atom. The zero-order valence-corrected chi connectivity index (χ0v) is 19.0. The fourth-order valence-electron chi connectivity index (χ4n) is 4.15. The molecular formula is C26H16Cl3N2O. The van der Waals surface area contributed by atoms with Gasteiger partial charge in [-0.05, 0) is 59.7 Å². The number of hydrogen-bond acceptors (Lipinski definition) is 1. The second-order valence-electron chi connectivity index (χ2n) is 7.49. The van der Waals surface area contributed by atoms with Crippen LogP contribution in [0.25, 0.3) is 32.9 Å². The van der Waals surface area contributed by atoms with E-state index in [9.17, 15) is 4.79 Å². The molecule has 0 fully saturated rings. The van der Waals surface area contributed by atoms with Crippen molar-refractivity contribution in [2.24, 2.45) is 5.73 Å². The van der Waals surface area contributed by atoms with Gasteiger partial charge in [0.25, 0.3) is 0 Å². The summed E-state index contributed by atoms with van der Waals surface area (Å²) >= 11 is 19.4. The first-order valence-corrected chi connectivity index (χ1v) is 11.0. The van der Waals surface area contributed by atoms with E-state index in [4.69, 9.17) is 40.5 Å². The number of nitrogens with zero attached hydrogens (tertiary/aromatic N) is 1. The quantitative estimate of drug-likeness (QED) is 0.288. The number of benzene rings is 4. The number of hydrogen-bond donors (Lipinski definition) is 1. The highest BCUT2D eigenvalue weighted by Crippen LogP contribution is 2.39. The van der Waals surface area contributed by atoms with Gasteiger partial charge >= 0.3 is 0 Å². The lowest BCUT2D eigenvalue weighted by molar-refractivity contribution is 0.100. The Kier molecular flexibility index (Phi) is 5.34. The summed E-state index contributed by atoms with van der Waals surface area (Å²) in [7, 11) is 0. The van der Waals surface area contributed by atoms with E-state index in [1.54, 1.807) is 18.2 Å². The molecule has 5 rings (SSSR count). The van der Waals surface area contributed by atoms with Gasteiger partial charge in [-0.15, -0.1) is 0 Å². The molecule has 4 aromatic carbocycles. The van der Waals surface area contributed by atoms with Crippen LogP contribution >= 0.6 is 34.8 Å². The number of fused-ring (bicyclic) bond motifs is 3. The largest absolute Gasteiger partial charge is 0.366 e. The standard InChI is InChI=1S/C26H16Cl3N2O/c27-19-7-2-1-5-16(19)14-31-22-10-3-6-18(26(30)32)25(22)17-12-11-15(13-23(17)31)24-20(28)8-4-9-21(24)29/h1-11,13H,14H2,(H2,30,32). The first-order chi connectivity index (χ1) is 15.5. The van der Waals surface area contributed by atoms with Crippen LogP contribution in [0.3, 0.4) is 0 Å². The van der Waals surface area contributed by atoms with E-state index in [1.165, 1.54) is 0 Å². The van der Waals surface area contributed by atoms with Crippen molar-refractivity contribution >= 4 is 62.5 Å². The minimum Gasteiger partial charge on any atom is -0.366 e. The maximum atomic E-state index is 12.2. The number of aromatic nitrogens is 1. The van der Waals surface area contributed by atoms with Gasteiger partial charge in [0.15, 0.2) is 0 Å². The van der Waals surface area contributed by atoms with E-state index in [1.807, 2.05) is 54.6 Å². The van der Waals surface area contributed by atoms with Crippen LogP contribution in [0, 0.1) is 6.07 Å². The van der Waals surface area contributed by atoms with E-state index >= 15 is 0 Å². The first kappa shape index (κ1) is 20.9. The summed E-state index contributed by atoms with van der Waals surface area (Å²) in [6.45, 7) is 0.509. The summed E-state index contributed by atoms with van der Waals surface area (Å²) in [6.07, 6.45) is 0. The van der Waals surface area contributed by atoms with Crippen LogP contribution in [0.15, 0.2) is 72.8 Å². The number of nitrogens with two attached hydrogens (primary N) is 1.